The first-order valence-electron chi connectivity index (χ1n) is 4.73. The number of rotatable bonds is 3. The van der Waals surface area contributed by atoms with Gasteiger partial charge in [0.2, 0.25) is 0 Å². The largest absolute Gasteiger partial charge is 0.504 e. The van der Waals surface area contributed by atoms with E-state index in [0.717, 1.165) is 0 Å². The topological polar surface area (TPSA) is 72.8 Å². The van der Waals surface area contributed by atoms with Crippen LogP contribution in [-0.4, -0.2) is 23.7 Å². The molecule has 0 aliphatic rings. The molecule has 0 heterocycles. The van der Waals surface area contributed by atoms with Crippen LogP contribution in [0.2, 0.25) is 0 Å². The van der Waals surface area contributed by atoms with Crippen molar-refractivity contribution in [3.8, 4) is 11.5 Å². The molecule has 0 saturated carbocycles. The van der Waals surface area contributed by atoms with Crippen LogP contribution < -0.4 is 4.74 Å². The van der Waals surface area contributed by atoms with Crippen molar-refractivity contribution in [3.05, 3.63) is 23.8 Å². The maximum Gasteiger partial charge on any atom is 0.338 e. The summed E-state index contributed by atoms with van der Waals surface area (Å²) >= 11 is 0. The number of phenolic OH excluding ortho intramolecular Hbond substituents is 1. The first-order chi connectivity index (χ1) is 7.54. The predicted molar refractivity (Wildman–Crippen MR) is 55.4 cm³/mol. The summed E-state index contributed by atoms with van der Waals surface area (Å²) in [7, 11) is 0. The number of carbonyl (C=O) groups is 2. The van der Waals surface area contributed by atoms with Gasteiger partial charge in [-0.3, -0.25) is 4.79 Å². The molecular formula is C11H12O5. The molecule has 0 aliphatic heterocycles. The van der Waals surface area contributed by atoms with Crippen molar-refractivity contribution in [1.82, 2.24) is 0 Å². The highest BCUT2D eigenvalue weighted by molar-refractivity contribution is 5.90. The van der Waals surface area contributed by atoms with Gasteiger partial charge in [-0.05, 0) is 25.1 Å². The van der Waals surface area contributed by atoms with Crippen molar-refractivity contribution in [2.75, 3.05) is 6.61 Å². The van der Waals surface area contributed by atoms with Gasteiger partial charge in [-0.2, -0.15) is 0 Å². The van der Waals surface area contributed by atoms with E-state index in [1.54, 1.807) is 6.92 Å². The van der Waals surface area contributed by atoms with E-state index in [1.807, 2.05) is 0 Å². The van der Waals surface area contributed by atoms with Crippen LogP contribution in [0.15, 0.2) is 18.2 Å². The van der Waals surface area contributed by atoms with Gasteiger partial charge in [-0.25, -0.2) is 4.79 Å². The van der Waals surface area contributed by atoms with Crippen molar-refractivity contribution in [2.45, 2.75) is 13.8 Å². The standard InChI is InChI=1S/C11H12O5/c1-3-15-11(14)8-4-5-10(9(13)6-8)16-7(2)12/h4-6,13H,3H2,1-2H3. The highest BCUT2D eigenvalue weighted by atomic mass is 16.5. The summed E-state index contributed by atoms with van der Waals surface area (Å²) in [6, 6.07) is 3.94. The molecule has 0 bridgehead atoms. The SMILES string of the molecule is CCOC(=O)c1ccc(OC(C)=O)c(O)c1. The summed E-state index contributed by atoms with van der Waals surface area (Å²) in [5.74, 6) is -1.34. The van der Waals surface area contributed by atoms with E-state index in [4.69, 9.17) is 9.47 Å². The Morgan fingerprint density at radius 1 is 1.38 bits per heavy atom. The molecule has 86 valence electrons. The molecule has 1 aromatic rings. The Hall–Kier alpha value is -2.04. The summed E-state index contributed by atoms with van der Waals surface area (Å²) < 4.78 is 9.44. The lowest BCUT2D eigenvalue weighted by atomic mass is 10.2. The van der Waals surface area contributed by atoms with Crippen LogP contribution in [-0.2, 0) is 9.53 Å². The highest BCUT2D eigenvalue weighted by Crippen LogP contribution is 2.27. The van der Waals surface area contributed by atoms with Crippen LogP contribution in [0.5, 0.6) is 11.5 Å². The summed E-state index contributed by atoms with van der Waals surface area (Å²) in [6.45, 7) is 3.16. The number of hydrogen-bond acceptors (Lipinski definition) is 5. The van der Waals surface area contributed by atoms with Crippen LogP contribution in [0.25, 0.3) is 0 Å². The highest BCUT2D eigenvalue weighted by Gasteiger charge is 2.11. The van der Waals surface area contributed by atoms with E-state index < -0.39 is 11.9 Å². The number of carbonyl (C=O) groups excluding carboxylic acids is 2. The van der Waals surface area contributed by atoms with E-state index in [2.05, 4.69) is 0 Å². The van der Waals surface area contributed by atoms with Crippen LogP contribution in [0, 0.1) is 0 Å². The Morgan fingerprint density at radius 2 is 2.06 bits per heavy atom. The minimum absolute atomic E-state index is 0.0144. The summed E-state index contributed by atoms with van der Waals surface area (Å²) in [5, 5.41) is 9.47. The fourth-order valence-electron chi connectivity index (χ4n) is 1.10. The first kappa shape index (κ1) is 12.0. The second kappa shape index (κ2) is 5.16. The van der Waals surface area contributed by atoms with Gasteiger partial charge < -0.3 is 14.6 Å². The van der Waals surface area contributed by atoms with Crippen molar-refractivity contribution in [1.29, 1.82) is 0 Å². The minimum Gasteiger partial charge on any atom is -0.504 e. The lowest BCUT2D eigenvalue weighted by molar-refractivity contribution is -0.132. The lowest BCUT2D eigenvalue weighted by Gasteiger charge is -2.06. The number of aromatic hydroxyl groups is 1. The fraction of sp³-hybridized carbons (Fsp3) is 0.273. The van der Waals surface area contributed by atoms with Crippen molar-refractivity contribution in [3.63, 3.8) is 0 Å². The van der Waals surface area contributed by atoms with Crippen LogP contribution in [0.1, 0.15) is 24.2 Å². The zero-order valence-electron chi connectivity index (χ0n) is 9.02. The molecule has 1 aromatic carbocycles. The molecule has 5 nitrogen and oxygen atoms in total. The molecule has 1 N–H and O–H groups in total. The molecular weight excluding hydrogens is 212 g/mol. The number of phenols is 1. The van der Waals surface area contributed by atoms with Crippen LogP contribution >= 0.6 is 0 Å². The molecule has 0 aromatic heterocycles. The molecule has 16 heavy (non-hydrogen) atoms. The smallest absolute Gasteiger partial charge is 0.338 e. The average molecular weight is 224 g/mol. The van der Waals surface area contributed by atoms with E-state index >= 15 is 0 Å². The van der Waals surface area contributed by atoms with Gasteiger partial charge in [0.1, 0.15) is 0 Å². The van der Waals surface area contributed by atoms with Crippen LogP contribution in [0.4, 0.5) is 0 Å². The molecule has 0 radical (unpaired) electrons. The van der Waals surface area contributed by atoms with Gasteiger partial charge in [0.25, 0.3) is 0 Å². The molecule has 5 heteroatoms. The second-order valence-electron chi connectivity index (χ2n) is 3.00. The third-order valence-corrected chi connectivity index (χ3v) is 1.72. The van der Waals surface area contributed by atoms with Crippen molar-refractivity contribution in [2.24, 2.45) is 0 Å². The first-order valence-corrected chi connectivity index (χ1v) is 4.73. The normalized spacial score (nSPS) is 9.62. The molecule has 0 amide bonds. The Labute approximate surface area is 92.6 Å². The van der Waals surface area contributed by atoms with Gasteiger partial charge in [0.15, 0.2) is 11.5 Å². The maximum absolute atomic E-state index is 11.3. The predicted octanol–water partition coefficient (Wildman–Crippen LogP) is 1.49. The third-order valence-electron chi connectivity index (χ3n) is 1.72. The van der Waals surface area contributed by atoms with Gasteiger partial charge in [-0.15, -0.1) is 0 Å². The van der Waals surface area contributed by atoms with Crippen molar-refractivity contribution >= 4 is 11.9 Å². The quantitative estimate of drug-likeness (QED) is 0.622. The summed E-state index contributed by atoms with van der Waals surface area (Å²) in [5.41, 5.74) is 0.204. The lowest BCUT2D eigenvalue weighted by Crippen LogP contribution is -2.05. The second-order valence-corrected chi connectivity index (χ2v) is 3.00. The maximum atomic E-state index is 11.3. The molecule has 0 saturated heterocycles. The zero-order chi connectivity index (χ0) is 12.1. The van der Waals surface area contributed by atoms with Gasteiger partial charge in [0, 0.05) is 6.92 Å². The Bertz CT molecular complexity index is 411. The third kappa shape index (κ3) is 2.98. The van der Waals surface area contributed by atoms with Gasteiger partial charge >= 0.3 is 11.9 Å². The number of hydrogen-bond donors (Lipinski definition) is 1. The van der Waals surface area contributed by atoms with E-state index in [0.29, 0.717) is 0 Å². The van der Waals surface area contributed by atoms with Crippen LogP contribution in [0.3, 0.4) is 0 Å². The number of esters is 2. The minimum atomic E-state index is -0.542. The fourth-order valence-corrected chi connectivity index (χ4v) is 1.10. The van der Waals surface area contributed by atoms with E-state index in [9.17, 15) is 14.7 Å². The average Bonchev–Trinajstić information content (AvgIpc) is 2.20. The van der Waals surface area contributed by atoms with Crippen molar-refractivity contribution < 1.29 is 24.2 Å². The monoisotopic (exact) mass is 224 g/mol. The molecule has 0 aliphatic carbocycles. The van der Waals surface area contributed by atoms with E-state index in [-0.39, 0.29) is 23.7 Å². The molecule has 0 fully saturated rings. The Balaban J connectivity index is 2.90. The molecule has 0 spiro atoms. The zero-order valence-corrected chi connectivity index (χ0v) is 9.02. The number of ether oxygens (including phenoxy) is 2. The van der Waals surface area contributed by atoms with Gasteiger partial charge in [0.05, 0.1) is 12.2 Å². The van der Waals surface area contributed by atoms with Gasteiger partial charge in [-0.1, -0.05) is 0 Å². The summed E-state index contributed by atoms with van der Waals surface area (Å²) in [4.78, 5) is 22.0. The molecule has 0 unspecified atom stereocenters. The summed E-state index contributed by atoms with van der Waals surface area (Å²) in [6.07, 6.45) is 0. The molecule has 0 atom stereocenters. The molecule has 1 rings (SSSR count). The Kier molecular flexibility index (Phi) is 3.88. The Morgan fingerprint density at radius 3 is 2.56 bits per heavy atom. The number of benzene rings is 1. The van der Waals surface area contributed by atoms with E-state index in [1.165, 1.54) is 25.1 Å².